The first-order valence-corrected chi connectivity index (χ1v) is 8.66. The van der Waals surface area contributed by atoms with E-state index in [4.69, 9.17) is 4.42 Å². The van der Waals surface area contributed by atoms with Gasteiger partial charge in [0.1, 0.15) is 5.76 Å². The number of nitrogens with one attached hydrogen (secondary N) is 2. The fraction of sp³-hybridized carbons (Fsp3) is 0.0909. The SMILES string of the molecule is O=C(/C=C/c1ccco1)Nc1ccccc1C(=O)NCCc1ccccc1. The first-order chi connectivity index (χ1) is 13.2. The van der Waals surface area contributed by atoms with Gasteiger partial charge in [0.25, 0.3) is 5.91 Å². The van der Waals surface area contributed by atoms with Gasteiger partial charge in [-0.1, -0.05) is 42.5 Å². The molecule has 3 aromatic rings. The Labute approximate surface area is 157 Å². The highest BCUT2D eigenvalue weighted by molar-refractivity contribution is 6.07. The Morgan fingerprint density at radius 1 is 0.926 bits per heavy atom. The molecule has 2 N–H and O–H groups in total. The lowest BCUT2D eigenvalue weighted by Crippen LogP contribution is -2.27. The molecule has 0 saturated carbocycles. The van der Waals surface area contributed by atoms with Crippen molar-refractivity contribution in [3.05, 3.63) is 96.0 Å². The van der Waals surface area contributed by atoms with Gasteiger partial charge < -0.3 is 15.1 Å². The quantitative estimate of drug-likeness (QED) is 0.628. The van der Waals surface area contributed by atoms with Crippen LogP contribution in [0.25, 0.3) is 6.08 Å². The molecule has 2 amide bonds. The van der Waals surface area contributed by atoms with Gasteiger partial charge in [0.2, 0.25) is 5.91 Å². The zero-order chi connectivity index (χ0) is 18.9. The lowest BCUT2D eigenvalue weighted by molar-refractivity contribution is -0.111. The molecule has 0 bridgehead atoms. The van der Waals surface area contributed by atoms with Crippen molar-refractivity contribution in [2.75, 3.05) is 11.9 Å². The molecule has 136 valence electrons. The Hall–Kier alpha value is -3.60. The normalized spacial score (nSPS) is 10.7. The Kier molecular flexibility index (Phi) is 6.20. The molecule has 0 spiro atoms. The van der Waals surface area contributed by atoms with Crippen LogP contribution in [0.3, 0.4) is 0 Å². The van der Waals surface area contributed by atoms with Gasteiger partial charge in [-0.25, -0.2) is 0 Å². The highest BCUT2D eigenvalue weighted by Gasteiger charge is 2.11. The van der Waals surface area contributed by atoms with Crippen LogP contribution in [0, 0.1) is 0 Å². The molecule has 3 rings (SSSR count). The molecule has 0 atom stereocenters. The lowest BCUT2D eigenvalue weighted by atomic mass is 10.1. The van der Waals surface area contributed by atoms with E-state index in [1.54, 1.807) is 42.5 Å². The summed E-state index contributed by atoms with van der Waals surface area (Å²) >= 11 is 0. The molecule has 5 nitrogen and oxygen atoms in total. The third kappa shape index (κ3) is 5.44. The molecule has 1 aromatic heterocycles. The molecule has 0 aliphatic rings. The Morgan fingerprint density at radius 3 is 2.48 bits per heavy atom. The molecule has 0 fully saturated rings. The number of furan rings is 1. The molecule has 0 unspecified atom stereocenters. The summed E-state index contributed by atoms with van der Waals surface area (Å²) in [5.74, 6) is 0.0184. The van der Waals surface area contributed by atoms with E-state index in [-0.39, 0.29) is 11.8 Å². The van der Waals surface area contributed by atoms with Gasteiger partial charge in [-0.2, -0.15) is 0 Å². The minimum absolute atomic E-state index is 0.225. The number of hydrogen-bond acceptors (Lipinski definition) is 3. The third-order valence-electron chi connectivity index (χ3n) is 3.91. The fourth-order valence-electron chi connectivity index (χ4n) is 2.57. The summed E-state index contributed by atoms with van der Waals surface area (Å²) in [6.07, 6.45) is 5.21. The summed E-state index contributed by atoms with van der Waals surface area (Å²) in [7, 11) is 0. The van der Waals surface area contributed by atoms with E-state index >= 15 is 0 Å². The summed E-state index contributed by atoms with van der Waals surface area (Å²) in [5, 5.41) is 5.63. The topological polar surface area (TPSA) is 71.3 Å². The molecule has 1 heterocycles. The van der Waals surface area contributed by atoms with E-state index in [0.717, 1.165) is 12.0 Å². The van der Waals surface area contributed by atoms with Crippen LogP contribution in [-0.4, -0.2) is 18.4 Å². The predicted octanol–water partition coefficient (Wildman–Crippen LogP) is 3.90. The van der Waals surface area contributed by atoms with E-state index in [1.807, 2.05) is 30.3 Å². The third-order valence-corrected chi connectivity index (χ3v) is 3.91. The highest BCUT2D eigenvalue weighted by Crippen LogP contribution is 2.15. The van der Waals surface area contributed by atoms with E-state index in [9.17, 15) is 9.59 Å². The summed E-state index contributed by atoms with van der Waals surface area (Å²) in [6.45, 7) is 0.517. The van der Waals surface area contributed by atoms with Crippen LogP contribution in [0.15, 0.2) is 83.5 Å². The molecule has 0 aliphatic carbocycles. The van der Waals surface area contributed by atoms with Gasteiger partial charge in [-0.05, 0) is 42.3 Å². The lowest BCUT2D eigenvalue weighted by Gasteiger charge is -2.10. The summed E-state index contributed by atoms with van der Waals surface area (Å²) in [4.78, 5) is 24.6. The van der Waals surface area contributed by atoms with Crippen molar-refractivity contribution in [1.29, 1.82) is 0 Å². The number of rotatable bonds is 7. The molecule has 2 aromatic carbocycles. The second kappa shape index (κ2) is 9.20. The van der Waals surface area contributed by atoms with Crippen LogP contribution in [-0.2, 0) is 11.2 Å². The van der Waals surface area contributed by atoms with E-state index in [2.05, 4.69) is 10.6 Å². The number of benzene rings is 2. The largest absolute Gasteiger partial charge is 0.465 e. The van der Waals surface area contributed by atoms with E-state index in [0.29, 0.717) is 23.6 Å². The molecule has 0 radical (unpaired) electrons. The van der Waals surface area contributed by atoms with Gasteiger partial charge in [-0.3, -0.25) is 9.59 Å². The molecule has 27 heavy (non-hydrogen) atoms. The van der Waals surface area contributed by atoms with Gasteiger partial charge in [0.05, 0.1) is 17.5 Å². The zero-order valence-corrected chi connectivity index (χ0v) is 14.7. The number of carbonyl (C=O) groups excluding carboxylic acids is 2. The molecule has 5 heteroatoms. The van der Waals surface area contributed by atoms with Gasteiger partial charge in [-0.15, -0.1) is 0 Å². The minimum atomic E-state index is -0.337. The maximum absolute atomic E-state index is 12.5. The van der Waals surface area contributed by atoms with Crippen LogP contribution in [0.2, 0.25) is 0 Å². The zero-order valence-electron chi connectivity index (χ0n) is 14.7. The van der Waals surface area contributed by atoms with Crippen LogP contribution in [0.5, 0.6) is 0 Å². The second-order valence-corrected chi connectivity index (χ2v) is 5.88. The highest BCUT2D eigenvalue weighted by atomic mass is 16.3. The van der Waals surface area contributed by atoms with E-state index in [1.165, 1.54) is 12.3 Å². The van der Waals surface area contributed by atoms with Crippen LogP contribution >= 0.6 is 0 Å². The smallest absolute Gasteiger partial charge is 0.253 e. The first kappa shape index (κ1) is 18.2. The number of para-hydroxylation sites is 1. The summed E-state index contributed by atoms with van der Waals surface area (Å²) in [5.41, 5.74) is 2.04. The van der Waals surface area contributed by atoms with Crippen molar-refractivity contribution in [2.45, 2.75) is 6.42 Å². The van der Waals surface area contributed by atoms with Crippen molar-refractivity contribution >= 4 is 23.6 Å². The number of carbonyl (C=O) groups is 2. The Balaban J connectivity index is 1.59. The average Bonchev–Trinajstić information content (AvgIpc) is 3.21. The fourth-order valence-corrected chi connectivity index (χ4v) is 2.57. The van der Waals surface area contributed by atoms with Crippen LogP contribution < -0.4 is 10.6 Å². The molecular weight excluding hydrogens is 340 g/mol. The van der Waals surface area contributed by atoms with Gasteiger partial charge in [0, 0.05) is 12.6 Å². The van der Waals surface area contributed by atoms with Crippen molar-refractivity contribution in [3.63, 3.8) is 0 Å². The summed E-state index contributed by atoms with van der Waals surface area (Å²) in [6, 6.07) is 20.3. The molecular formula is C22H20N2O3. The van der Waals surface area contributed by atoms with Gasteiger partial charge in [0.15, 0.2) is 0 Å². The van der Waals surface area contributed by atoms with Crippen molar-refractivity contribution in [2.24, 2.45) is 0 Å². The second-order valence-electron chi connectivity index (χ2n) is 5.88. The average molecular weight is 360 g/mol. The first-order valence-electron chi connectivity index (χ1n) is 8.66. The summed E-state index contributed by atoms with van der Waals surface area (Å²) < 4.78 is 5.15. The van der Waals surface area contributed by atoms with Crippen LogP contribution in [0.1, 0.15) is 21.7 Å². The Bertz CT molecular complexity index is 916. The van der Waals surface area contributed by atoms with Crippen LogP contribution in [0.4, 0.5) is 5.69 Å². The maximum Gasteiger partial charge on any atom is 0.253 e. The number of amides is 2. The molecule has 0 saturated heterocycles. The molecule has 0 aliphatic heterocycles. The van der Waals surface area contributed by atoms with Crippen molar-refractivity contribution < 1.29 is 14.0 Å². The maximum atomic E-state index is 12.5. The predicted molar refractivity (Wildman–Crippen MR) is 105 cm³/mol. The van der Waals surface area contributed by atoms with Crippen molar-refractivity contribution in [1.82, 2.24) is 5.32 Å². The minimum Gasteiger partial charge on any atom is -0.465 e. The standard InChI is InChI=1S/C22H20N2O3/c25-21(13-12-18-9-6-16-27-18)24-20-11-5-4-10-19(20)22(26)23-15-14-17-7-2-1-3-8-17/h1-13,16H,14-15H2,(H,23,26)(H,24,25)/b13-12+. The van der Waals surface area contributed by atoms with Crippen molar-refractivity contribution in [3.8, 4) is 0 Å². The number of anilines is 1. The Morgan fingerprint density at radius 2 is 1.70 bits per heavy atom. The monoisotopic (exact) mass is 360 g/mol. The van der Waals surface area contributed by atoms with Gasteiger partial charge >= 0.3 is 0 Å². The number of hydrogen-bond donors (Lipinski definition) is 2. The van der Waals surface area contributed by atoms with E-state index < -0.39 is 0 Å².